The second-order valence-corrected chi connectivity index (χ2v) is 7.94. The molecule has 1 aliphatic rings. The molecule has 0 radical (unpaired) electrons. The zero-order chi connectivity index (χ0) is 13.2. The van der Waals surface area contributed by atoms with Crippen LogP contribution in [-0.4, -0.2) is 35.6 Å². The zero-order valence-corrected chi connectivity index (χ0v) is 12.3. The smallest absolute Gasteiger partial charge is 0.155 e. The van der Waals surface area contributed by atoms with Crippen molar-refractivity contribution in [1.82, 2.24) is 4.98 Å². The van der Waals surface area contributed by atoms with E-state index in [0.29, 0.717) is 19.3 Å². The van der Waals surface area contributed by atoms with E-state index >= 15 is 0 Å². The van der Waals surface area contributed by atoms with Crippen molar-refractivity contribution < 1.29 is 13.5 Å². The van der Waals surface area contributed by atoms with Crippen molar-refractivity contribution in [3.8, 4) is 0 Å². The van der Waals surface area contributed by atoms with Crippen molar-refractivity contribution in [2.75, 3.05) is 5.75 Å². The van der Waals surface area contributed by atoms with Gasteiger partial charge in [0.15, 0.2) is 9.84 Å². The van der Waals surface area contributed by atoms with Gasteiger partial charge in [0.1, 0.15) is 0 Å². The number of hydrogen-bond acceptors (Lipinski definition) is 4. The summed E-state index contributed by atoms with van der Waals surface area (Å²) in [5.41, 5.74) is 0.845. The summed E-state index contributed by atoms with van der Waals surface area (Å²) in [6, 6.07) is 1.85. The molecule has 0 saturated carbocycles. The number of hydrogen-bond donors (Lipinski definition) is 1. The van der Waals surface area contributed by atoms with Crippen molar-refractivity contribution in [1.29, 1.82) is 0 Å². The lowest BCUT2D eigenvalue weighted by Crippen LogP contribution is -2.39. The third kappa shape index (κ3) is 3.30. The number of nitrogens with zero attached hydrogens (tertiary/aromatic N) is 1. The molecule has 100 valence electrons. The molecule has 0 amide bonds. The molecule has 4 nitrogen and oxygen atoms in total. The van der Waals surface area contributed by atoms with Gasteiger partial charge in [-0.3, -0.25) is 4.98 Å². The third-order valence-electron chi connectivity index (χ3n) is 3.26. The van der Waals surface area contributed by atoms with Crippen LogP contribution in [0.4, 0.5) is 0 Å². The van der Waals surface area contributed by atoms with E-state index < -0.39 is 21.2 Å². The summed E-state index contributed by atoms with van der Waals surface area (Å²) in [6.45, 7) is 0. The number of aliphatic hydroxyl groups is 1. The predicted octanol–water partition coefficient (Wildman–Crippen LogP) is 1.71. The van der Waals surface area contributed by atoms with Gasteiger partial charge in [-0.25, -0.2) is 8.42 Å². The van der Waals surface area contributed by atoms with E-state index in [4.69, 9.17) is 0 Å². The van der Waals surface area contributed by atoms with E-state index in [2.05, 4.69) is 20.9 Å². The highest BCUT2D eigenvalue weighted by molar-refractivity contribution is 9.10. The van der Waals surface area contributed by atoms with Crippen LogP contribution in [0.1, 0.15) is 24.8 Å². The number of sulfone groups is 1. The lowest BCUT2D eigenvalue weighted by molar-refractivity contribution is 0.162. The van der Waals surface area contributed by atoms with Crippen LogP contribution in [0.3, 0.4) is 0 Å². The maximum absolute atomic E-state index is 11.9. The molecule has 1 aliphatic heterocycles. The third-order valence-corrected chi connectivity index (χ3v) is 6.03. The highest BCUT2D eigenvalue weighted by atomic mass is 79.9. The highest BCUT2D eigenvalue weighted by Crippen LogP contribution is 2.24. The standard InChI is InChI=1S/C12H16BrNO3S/c13-10-5-9(7-14-8-10)6-11(15)12-3-1-2-4-18(12,16)17/h5,7-8,11-12,15H,1-4,6H2. The van der Waals surface area contributed by atoms with Gasteiger partial charge >= 0.3 is 0 Å². The van der Waals surface area contributed by atoms with Gasteiger partial charge < -0.3 is 5.11 Å². The minimum absolute atomic E-state index is 0.200. The molecule has 1 aromatic rings. The highest BCUT2D eigenvalue weighted by Gasteiger charge is 2.34. The monoisotopic (exact) mass is 333 g/mol. The average Bonchev–Trinajstić information content (AvgIpc) is 2.28. The van der Waals surface area contributed by atoms with Gasteiger partial charge in [-0.05, 0) is 40.4 Å². The molecule has 2 unspecified atom stereocenters. The van der Waals surface area contributed by atoms with E-state index in [-0.39, 0.29) is 5.75 Å². The summed E-state index contributed by atoms with van der Waals surface area (Å²) in [6.07, 6.45) is 4.95. The van der Waals surface area contributed by atoms with Gasteiger partial charge in [-0.1, -0.05) is 6.42 Å². The Morgan fingerprint density at radius 2 is 2.22 bits per heavy atom. The number of halogens is 1. The Balaban J connectivity index is 2.09. The Kier molecular flexibility index (Phi) is 4.40. The Morgan fingerprint density at radius 1 is 1.44 bits per heavy atom. The van der Waals surface area contributed by atoms with Gasteiger partial charge in [0.2, 0.25) is 0 Å². The molecule has 2 atom stereocenters. The molecule has 0 aromatic carbocycles. The lowest BCUT2D eigenvalue weighted by atomic mass is 10.0. The first-order chi connectivity index (χ1) is 8.49. The Bertz CT molecular complexity index is 518. The summed E-state index contributed by atoms with van der Waals surface area (Å²) < 4.78 is 24.6. The number of aromatic nitrogens is 1. The summed E-state index contributed by atoms with van der Waals surface area (Å²) in [5, 5.41) is 9.51. The van der Waals surface area contributed by atoms with Gasteiger partial charge in [-0.15, -0.1) is 0 Å². The first-order valence-corrected chi connectivity index (χ1v) is 8.49. The average molecular weight is 334 g/mol. The fraction of sp³-hybridized carbons (Fsp3) is 0.583. The lowest BCUT2D eigenvalue weighted by Gasteiger charge is -2.26. The maximum Gasteiger partial charge on any atom is 0.155 e. The molecule has 1 aromatic heterocycles. The van der Waals surface area contributed by atoms with Gasteiger partial charge in [0.25, 0.3) is 0 Å². The fourth-order valence-electron chi connectivity index (χ4n) is 2.35. The molecule has 2 rings (SSSR count). The second-order valence-electron chi connectivity index (χ2n) is 4.68. The molecule has 2 heterocycles. The normalized spacial score (nSPS) is 24.7. The predicted molar refractivity (Wildman–Crippen MR) is 73.1 cm³/mol. The van der Waals surface area contributed by atoms with Crippen LogP contribution >= 0.6 is 15.9 Å². The molecule has 1 saturated heterocycles. The van der Waals surface area contributed by atoms with E-state index in [1.165, 1.54) is 0 Å². The van der Waals surface area contributed by atoms with Gasteiger partial charge in [0, 0.05) is 23.3 Å². The van der Waals surface area contributed by atoms with Crippen LogP contribution < -0.4 is 0 Å². The molecule has 0 aliphatic carbocycles. The van der Waals surface area contributed by atoms with Crippen molar-refractivity contribution in [3.05, 3.63) is 28.5 Å². The molecule has 18 heavy (non-hydrogen) atoms. The van der Waals surface area contributed by atoms with Crippen LogP contribution in [0, 0.1) is 0 Å². The Morgan fingerprint density at radius 3 is 2.89 bits per heavy atom. The Labute approximate surface area is 115 Å². The summed E-state index contributed by atoms with van der Waals surface area (Å²) in [4.78, 5) is 4.01. The molecule has 1 N–H and O–H groups in total. The fourth-order valence-corrected chi connectivity index (χ4v) is 4.77. The molecule has 6 heteroatoms. The minimum Gasteiger partial charge on any atom is -0.391 e. The molecule has 0 spiro atoms. The molecule has 0 bridgehead atoms. The summed E-state index contributed by atoms with van der Waals surface area (Å²) in [5.74, 6) is 0.200. The van der Waals surface area contributed by atoms with Crippen LogP contribution in [0.2, 0.25) is 0 Å². The van der Waals surface area contributed by atoms with Crippen molar-refractivity contribution in [3.63, 3.8) is 0 Å². The molecule has 1 fully saturated rings. The minimum atomic E-state index is -3.14. The summed E-state index contributed by atoms with van der Waals surface area (Å²) in [7, 11) is -3.14. The molecular formula is C12H16BrNO3S. The first-order valence-electron chi connectivity index (χ1n) is 5.98. The number of rotatable bonds is 3. The van der Waals surface area contributed by atoms with E-state index in [1.807, 2.05) is 6.07 Å². The largest absolute Gasteiger partial charge is 0.391 e. The van der Waals surface area contributed by atoms with Crippen molar-refractivity contribution >= 4 is 25.8 Å². The molecular weight excluding hydrogens is 318 g/mol. The second kappa shape index (κ2) is 5.67. The number of pyridine rings is 1. The van der Waals surface area contributed by atoms with Gasteiger partial charge in [-0.2, -0.15) is 0 Å². The van der Waals surface area contributed by atoms with Crippen LogP contribution in [0.15, 0.2) is 22.9 Å². The van der Waals surface area contributed by atoms with Crippen LogP contribution in [0.25, 0.3) is 0 Å². The topological polar surface area (TPSA) is 67.3 Å². The number of aliphatic hydroxyl groups excluding tert-OH is 1. The quantitative estimate of drug-likeness (QED) is 0.914. The van der Waals surface area contributed by atoms with Crippen LogP contribution in [0.5, 0.6) is 0 Å². The van der Waals surface area contributed by atoms with E-state index in [1.54, 1.807) is 12.4 Å². The van der Waals surface area contributed by atoms with Gasteiger partial charge in [0.05, 0.1) is 17.1 Å². The van der Waals surface area contributed by atoms with Crippen LogP contribution in [-0.2, 0) is 16.3 Å². The zero-order valence-electron chi connectivity index (χ0n) is 9.92. The summed E-state index contributed by atoms with van der Waals surface area (Å²) >= 11 is 3.31. The van der Waals surface area contributed by atoms with E-state index in [9.17, 15) is 13.5 Å². The first kappa shape index (κ1) is 14.0. The van der Waals surface area contributed by atoms with Crippen molar-refractivity contribution in [2.24, 2.45) is 0 Å². The SMILES string of the molecule is O=S1(=O)CCCCC1C(O)Cc1cncc(Br)c1. The Hall–Kier alpha value is -0.460. The maximum atomic E-state index is 11.9. The van der Waals surface area contributed by atoms with Crippen molar-refractivity contribution in [2.45, 2.75) is 37.0 Å². The van der Waals surface area contributed by atoms with E-state index in [0.717, 1.165) is 16.5 Å².